The van der Waals surface area contributed by atoms with Gasteiger partial charge in [-0.2, -0.15) is 0 Å². The molecule has 0 atom stereocenters. The minimum absolute atomic E-state index is 0.0125. The van der Waals surface area contributed by atoms with Crippen molar-refractivity contribution in [1.29, 1.82) is 0 Å². The van der Waals surface area contributed by atoms with Gasteiger partial charge in [0, 0.05) is 27.7 Å². The van der Waals surface area contributed by atoms with E-state index in [0.717, 1.165) is 61.3 Å². The number of hydrogen-bond acceptors (Lipinski definition) is 2. The third-order valence-corrected chi connectivity index (χ3v) is 14.6. The van der Waals surface area contributed by atoms with Crippen molar-refractivity contribution in [2.24, 2.45) is 0 Å². The summed E-state index contributed by atoms with van der Waals surface area (Å²) in [5.74, 6) is 0. The molecule has 0 saturated heterocycles. The fraction of sp³-hybridized carbons (Fsp3) is 0.114. The molecule has 0 aliphatic carbocycles. The molecule has 72 heavy (non-hydrogen) atoms. The van der Waals surface area contributed by atoms with E-state index < -0.39 is 0 Å². The highest BCUT2D eigenvalue weighted by Gasteiger charge is 2.24. The molecule has 1 heterocycles. The molecule has 0 unspecified atom stereocenters. The summed E-state index contributed by atoms with van der Waals surface area (Å²) in [6.07, 6.45) is 0. The van der Waals surface area contributed by atoms with Crippen LogP contribution in [-0.4, -0.2) is 0 Å². The van der Waals surface area contributed by atoms with Gasteiger partial charge in [-0.3, -0.25) is 0 Å². The molecule has 1 aromatic heterocycles. The predicted octanol–water partition coefficient (Wildman–Crippen LogP) is 20.3. The second kappa shape index (κ2) is 17.7. The maximum absolute atomic E-state index is 6.33. The van der Waals surface area contributed by atoms with E-state index in [1.807, 2.05) is 6.07 Å². The van der Waals surface area contributed by atoms with Crippen LogP contribution in [0.2, 0.25) is 0 Å². The van der Waals surface area contributed by atoms with Gasteiger partial charge in [0.2, 0.25) is 0 Å². The molecule has 0 fully saturated rings. The Bertz CT molecular complexity index is 3930. The Balaban J connectivity index is 1.000. The summed E-state index contributed by atoms with van der Waals surface area (Å²) >= 11 is 0. The van der Waals surface area contributed by atoms with Crippen LogP contribution < -0.4 is 4.90 Å². The summed E-state index contributed by atoms with van der Waals surface area (Å²) in [5, 5.41) is 7.24. The SMILES string of the molecule is CC(C)(C)c1cc(-c2cccc3cccc(-c4ccccc4N(c4ccc(-c5ccc(-c6cccc7ccccc67)cc5)cc4)c4ccc(-c5cccc6oc7ccccc7c56)cc4)c23)cc(C(C)(C)C)c1. The molecule has 0 aliphatic rings. The number of benzene rings is 11. The summed E-state index contributed by atoms with van der Waals surface area (Å²) in [6, 6.07) is 86.8. The molecule has 2 heteroatoms. The molecule has 0 saturated carbocycles. The van der Waals surface area contributed by atoms with Crippen molar-refractivity contribution in [2.75, 3.05) is 4.90 Å². The van der Waals surface area contributed by atoms with Crippen molar-refractivity contribution < 1.29 is 4.42 Å². The second-order valence-corrected chi connectivity index (χ2v) is 21.3. The molecular weight excluding hydrogens is 871 g/mol. The van der Waals surface area contributed by atoms with Gasteiger partial charge in [0.15, 0.2) is 0 Å². The lowest BCUT2D eigenvalue weighted by atomic mass is 9.78. The highest BCUT2D eigenvalue weighted by molar-refractivity contribution is 6.13. The highest BCUT2D eigenvalue weighted by atomic mass is 16.3. The van der Waals surface area contributed by atoms with Gasteiger partial charge in [-0.25, -0.2) is 0 Å². The summed E-state index contributed by atoms with van der Waals surface area (Å²) in [7, 11) is 0. The topological polar surface area (TPSA) is 16.4 Å². The predicted molar refractivity (Wildman–Crippen MR) is 308 cm³/mol. The maximum atomic E-state index is 6.33. The highest BCUT2D eigenvalue weighted by Crippen LogP contribution is 2.47. The molecule has 0 amide bonds. The van der Waals surface area contributed by atoms with Crippen molar-refractivity contribution in [3.8, 4) is 55.6 Å². The number of rotatable bonds is 8. The van der Waals surface area contributed by atoms with Gasteiger partial charge in [-0.05, 0) is 136 Å². The molecule has 0 spiro atoms. The number of fused-ring (bicyclic) bond motifs is 5. The van der Waals surface area contributed by atoms with Crippen LogP contribution >= 0.6 is 0 Å². The minimum atomic E-state index is -0.0125. The van der Waals surface area contributed by atoms with Crippen LogP contribution in [0, 0.1) is 0 Å². The van der Waals surface area contributed by atoms with Gasteiger partial charge in [-0.15, -0.1) is 0 Å². The van der Waals surface area contributed by atoms with E-state index in [0.29, 0.717) is 0 Å². The first kappa shape index (κ1) is 44.7. The third-order valence-electron chi connectivity index (χ3n) is 14.6. The summed E-state index contributed by atoms with van der Waals surface area (Å²) < 4.78 is 6.33. The Hall–Kier alpha value is -8.46. The van der Waals surface area contributed by atoms with Crippen LogP contribution in [0.15, 0.2) is 241 Å². The quantitative estimate of drug-likeness (QED) is 0.151. The average Bonchev–Trinajstić information content (AvgIpc) is 3.80. The lowest BCUT2D eigenvalue weighted by Gasteiger charge is -2.29. The molecule has 12 rings (SSSR count). The van der Waals surface area contributed by atoms with Gasteiger partial charge in [0.1, 0.15) is 11.2 Å². The molecule has 0 aliphatic heterocycles. The fourth-order valence-corrected chi connectivity index (χ4v) is 10.7. The van der Waals surface area contributed by atoms with Crippen LogP contribution in [0.5, 0.6) is 0 Å². The zero-order valence-corrected chi connectivity index (χ0v) is 41.9. The number of para-hydroxylation sites is 2. The third kappa shape index (κ3) is 8.13. The normalized spacial score (nSPS) is 12.0. The van der Waals surface area contributed by atoms with Crippen molar-refractivity contribution >= 4 is 60.5 Å². The first-order chi connectivity index (χ1) is 35.0. The zero-order valence-electron chi connectivity index (χ0n) is 41.9. The lowest BCUT2D eigenvalue weighted by Crippen LogP contribution is -2.16. The van der Waals surface area contributed by atoms with Crippen LogP contribution in [0.25, 0.3) is 99.1 Å². The van der Waals surface area contributed by atoms with E-state index in [9.17, 15) is 0 Å². The number of furan rings is 1. The molecule has 348 valence electrons. The Morgan fingerprint density at radius 3 is 1.42 bits per heavy atom. The fourth-order valence-electron chi connectivity index (χ4n) is 10.7. The van der Waals surface area contributed by atoms with Gasteiger partial charge in [-0.1, -0.05) is 236 Å². The Morgan fingerprint density at radius 2 is 0.750 bits per heavy atom. The van der Waals surface area contributed by atoms with E-state index in [-0.39, 0.29) is 10.8 Å². The molecule has 12 aromatic rings. The number of hydrogen-bond donors (Lipinski definition) is 0. The van der Waals surface area contributed by atoms with Crippen molar-refractivity contribution in [3.63, 3.8) is 0 Å². The summed E-state index contributed by atoms with van der Waals surface area (Å²) in [5.41, 5.74) is 19.6. The Morgan fingerprint density at radius 1 is 0.306 bits per heavy atom. The first-order valence-corrected chi connectivity index (χ1v) is 25.2. The van der Waals surface area contributed by atoms with Crippen molar-refractivity contribution in [3.05, 3.63) is 248 Å². The molecule has 0 radical (unpaired) electrons. The van der Waals surface area contributed by atoms with E-state index in [2.05, 4.69) is 277 Å². The van der Waals surface area contributed by atoms with Crippen molar-refractivity contribution in [1.82, 2.24) is 0 Å². The van der Waals surface area contributed by atoms with Crippen LogP contribution in [0.1, 0.15) is 52.7 Å². The summed E-state index contributed by atoms with van der Waals surface area (Å²) in [4.78, 5) is 2.43. The molecular formula is C70H57NO. The van der Waals surface area contributed by atoms with Crippen LogP contribution in [0.3, 0.4) is 0 Å². The zero-order chi connectivity index (χ0) is 49.1. The largest absolute Gasteiger partial charge is 0.456 e. The van der Waals surface area contributed by atoms with E-state index in [1.54, 1.807) is 0 Å². The molecule has 11 aromatic carbocycles. The van der Waals surface area contributed by atoms with Gasteiger partial charge in [0.25, 0.3) is 0 Å². The van der Waals surface area contributed by atoms with Crippen molar-refractivity contribution in [2.45, 2.75) is 52.4 Å². The second-order valence-electron chi connectivity index (χ2n) is 21.3. The Kier molecular flexibility index (Phi) is 11.0. The lowest BCUT2D eigenvalue weighted by molar-refractivity contribution is 0.569. The monoisotopic (exact) mass is 927 g/mol. The standard InChI is InChI=1S/C70H57NO/c1-69(2,3)53-43-52(44-54(45-53)70(4,5)6)60-25-14-19-51-20-15-27-62(67(51)60)61-22-9-11-28-64(61)71(56-41-37-50(38-42-56)59-26-16-30-66-68(59)63-23-10-12-29-65(63)72-66)55-39-35-47(36-40-55)46-31-33-49(34-32-46)58-24-13-18-48-17-7-8-21-57(48)58/h7-45H,1-6H3. The Labute approximate surface area is 423 Å². The van der Waals surface area contributed by atoms with E-state index in [1.165, 1.54) is 66.1 Å². The van der Waals surface area contributed by atoms with Gasteiger partial charge < -0.3 is 9.32 Å². The van der Waals surface area contributed by atoms with Gasteiger partial charge in [0.05, 0.1) is 5.69 Å². The number of nitrogens with zero attached hydrogens (tertiary/aromatic N) is 1. The molecule has 0 N–H and O–H groups in total. The van der Waals surface area contributed by atoms with Crippen LogP contribution in [0.4, 0.5) is 17.1 Å². The minimum Gasteiger partial charge on any atom is -0.456 e. The van der Waals surface area contributed by atoms with Crippen LogP contribution in [-0.2, 0) is 10.8 Å². The molecule has 2 nitrogen and oxygen atoms in total. The summed E-state index contributed by atoms with van der Waals surface area (Å²) in [6.45, 7) is 13.9. The smallest absolute Gasteiger partial charge is 0.136 e. The van der Waals surface area contributed by atoms with E-state index >= 15 is 0 Å². The molecule has 0 bridgehead atoms. The average molecular weight is 928 g/mol. The van der Waals surface area contributed by atoms with Gasteiger partial charge >= 0.3 is 0 Å². The maximum Gasteiger partial charge on any atom is 0.136 e. The van der Waals surface area contributed by atoms with E-state index in [4.69, 9.17) is 4.42 Å². The first-order valence-electron chi connectivity index (χ1n) is 25.2. The number of anilines is 3.